The zero-order chi connectivity index (χ0) is 27.7. The highest BCUT2D eigenvalue weighted by molar-refractivity contribution is 6.00. The van der Waals surface area contributed by atoms with E-state index in [4.69, 9.17) is 4.74 Å². The summed E-state index contributed by atoms with van der Waals surface area (Å²) in [5.41, 5.74) is 3.02. The van der Waals surface area contributed by atoms with Crippen LogP contribution in [0.1, 0.15) is 29.8 Å². The highest BCUT2D eigenvalue weighted by atomic mass is 19.1. The number of carbonyl (C=O) groups excluding carboxylic acids is 1. The smallest absolute Gasteiger partial charge is 0.255 e. The highest BCUT2D eigenvalue weighted by Crippen LogP contribution is 2.35. The maximum absolute atomic E-state index is 14.3. The van der Waals surface area contributed by atoms with Crippen LogP contribution in [0, 0.1) is 11.3 Å². The van der Waals surface area contributed by atoms with Gasteiger partial charge in [-0.25, -0.2) is 8.91 Å². The number of benzene rings is 1. The molecule has 0 spiro atoms. The molecule has 4 heterocycles. The second-order valence-corrected chi connectivity index (χ2v) is 9.94. The highest BCUT2D eigenvalue weighted by Gasteiger charge is 2.27. The minimum absolute atomic E-state index is 0.193. The Balaban J connectivity index is 1.51. The topological polar surface area (TPSA) is 128 Å². The number of hydrogen-bond donors (Lipinski definition) is 3. The lowest BCUT2D eigenvalue weighted by molar-refractivity contribution is -0.00177. The summed E-state index contributed by atoms with van der Waals surface area (Å²) in [6.07, 6.45) is 1.23. The van der Waals surface area contributed by atoms with Crippen molar-refractivity contribution in [3.05, 3.63) is 66.0 Å². The van der Waals surface area contributed by atoms with E-state index in [0.717, 1.165) is 23.5 Å². The predicted octanol–water partition coefficient (Wildman–Crippen LogP) is 3.68. The van der Waals surface area contributed by atoms with Gasteiger partial charge >= 0.3 is 0 Å². The van der Waals surface area contributed by atoms with Gasteiger partial charge < -0.3 is 25.4 Å². The van der Waals surface area contributed by atoms with Crippen LogP contribution in [0.4, 0.5) is 21.5 Å². The van der Waals surface area contributed by atoms with Crippen molar-refractivity contribution in [2.45, 2.75) is 25.6 Å². The third kappa shape index (κ3) is 5.32. The second-order valence-electron chi connectivity index (χ2n) is 9.94. The van der Waals surface area contributed by atoms with Crippen LogP contribution in [0.5, 0.6) is 5.75 Å². The summed E-state index contributed by atoms with van der Waals surface area (Å²) >= 11 is 0. The summed E-state index contributed by atoms with van der Waals surface area (Å²) in [6.45, 7) is 3.67. The van der Waals surface area contributed by atoms with Gasteiger partial charge in [-0.3, -0.25) is 9.78 Å². The number of rotatable bonds is 7. The number of carbonyl (C=O) groups is 1. The average Bonchev–Trinajstić information content (AvgIpc) is 3.34. The molecule has 5 rings (SSSR count). The van der Waals surface area contributed by atoms with Gasteiger partial charge in [-0.2, -0.15) is 10.4 Å². The normalized spacial score (nSPS) is 13.8. The second kappa shape index (κ2) is 10.2. The Morgan fingerprint density at radius 3 is 2.85 bits per heavy atom. The fraction of sp³-hybridized carbons (Fsp3) is 0.286. The van der Waals surface area contributed by atoms with Crippen molar-refractivity contribution in [3.63, 3.8) is 0 Å². The number of nitriles is 1. The minimum Gasteiger partial charge on any atom is -0.489 e. The van der Waals surface area contributed by atoms with E-state index in [-0.39, 0.29) is 12.1 Å². The van der Waals surface area contributed by atoms with E-state index in [9.17, 15) is 19.6 Å². The number of nitrogens with zero attached hydrogens (tertiary/aromatic N) is 5. The average molecular weight is 530 g/mol. The van der Waals surface area contributed by atoms with E-state index < -0.39 is 17.7 Å². The molecule has 10 nitrogen and oxygen atoms in total. The quantitative estimate of drug-likeness (QED) is 0.331. The molecular formula is C28H28FN7O3. The molecule has 4 aromatic rings. The minimum atomic E-state index is -1.66. The number of aromatic nitrogens is 3. The number of ether oxygens (including phenoxy) is 1. The molecule has 0 bridgehead atoms. The maximum Gasteiger partial charge on any atom is 0.255 e. The molecule has 1 aliphatic rings. The van der Waals surface area contributed by atoms with Gasteiger partial charge in [0.2, 0.25) is 0 Å². The van der Waals surface area contributed by atoms with Gasteiger partial charge in [-0.15, -0.1) is 0 Å². The number of amides is 1. The Kier molecular flexibility index (Phi) is 6.80. The lowest BCUT2D eigenvalue weighted by Crippen LogP contribution is -2.42. The summed E-state index contributed by atoms with van der Waals surface area (Å²) < 4.78 is 21.8. The van der Waals surface area contributed by atoms with Gasteiger partial charge in [0.05, 0.1) is 64.3 Å². The SMILES string of the molecule is CN1CCOc2cc(Nc3cc(-c4ccc5cc(C#N)cnn45)ncc3C(=O)NCC(F)C(C)(C)O)ccc21. The first-order valence-corrected chi connectivity index (χ1v) is 12.4. The van der Waals surface area contributed by atoms with Crippen LogP contribution in [0.3, 0.4) is 0 Å². The number of halogens is 1. The standard InChI is InChI=1S/C28H28FN7O3/c1-28(2,38)26(29)16-32-27(37)20-15-31-22(23-7-5-19-10-17(13-30)14-33-36(19)23)12-21(20)34-18-4-6-24-25(11-18)39-9-8-35(24)3/h4-7,10-12,14-15,26,38H,8-9,16H2,1-3H3,(H,31,34)(H,32,37). The number of alkyl halides is 1. The first-order chi connectivity index (χ1) is 18.6. The first-order valence-electron chi connectivity index (χ1n) is 12.4. The number of likely N-dealkylation sites (N-methyl/N-ethyl adjacent to an activating group) is 1. The van der Waals surface area contributed by atoms with Crippen LogP contribution in [0.25, 0.3) is 16.9 Å². The summed E-state index contributed by atoms with van der Waals surface area (Å²) in [6, 6.07) is 14.8. The molecule has 0 saturated carbocycles. The lowest BCUT2D eigenvalue weighted by atomic mass is 10.0. The van der Waals surface area contributed by atoms with Gasteiger partial charge in [0.15, 0.2) is 0 Å². The Hall–Kier alpha value is -4.69. The van der Waals surface area contributed by atoms with E-state index >= 15 is 0 Å². The van der Waals surface area contributed by atoms with Crippen LogP contribution in [0.2, 0.25) is 0 Å². The zero-order valence-corrected chi connectivity index (χ0v) is 21.8. The third-order valence-electron chi connectivity index (χ3n) is 6.58. The molecule has 1 aliphatic heterocycles. The van der Waals surface area contributed by atoms with Crippen LogP contribution in [-0.4, -0.2) is 64.1 Å². The van der Waals surface area contributed by atoms with Crippen molar-refractivity contribution < 1.29 is 19.0 Å². The number of fused-ring (bicyclic) bond motifs is 2. The zero-order valence-electron chi connectivity index (χ0n) is 21.8. The first kappa shape index (κ1) is 25.9. The van der Waals surface area contributed by atoms with Gasteiger partial charge in [0, 0.05) is 25.0 Å². The van der Waals surface area contributed by atoms with Crippen molar-refractivity contribution in [2.24, 2.45) is 0 Å². The molecule has 11 heteroatoms. The van der Waals surface area contributed by atoms with Gasteiger partial charge in [-0.1, -0.05) is 0 Å². The van der Waals surface area contributed by atoms with Crippen LogP contribution >= 0.6 is 0 Å². The summed E-state index contributed by atoms with van der Waals surface area (Å²) in [7, 11) is 1.99. The number of pyridine rings is 1. The Morgan fingerprint density at radius 2 is 2.08 bits per heavy atom. The summed E-state index contributed by atoms with van der Waals surface area (Å²) in [4.78, 5) is 19.7. The molecule has 0 radical (unpaired) electrons. The Morgan fingerprint density at radius 1 is 1.26 bits per heavy atom. The number of hydrogen-bond acceptors (Lipinski definition) is 8. The van der Waals surface area contributed by atoms with E-state index in [0.29, 0.717) is 34.9 Å². The molecular weight excluding hydrogens is 501 g/mol. The van der Waals surface area contributed by atoms with E-state index in [1.807, 2.05) is 37.4 Å². The number of nitrogens with one attached hydrogen (secondary N) is 2. The number of anilines is 3. The molecule has 1 atom stereocenters. The molecule has 0 aliphatic carbocycles. The van der Waals surface area contributed by atoms with Crippen molar-refractivity contribution >= 4 is 28.5 Å². The van der Waals surface area contributed by atoms with Crippen LogP contribution < -0.4 is 20.3 Å². The Bertz CT molecular complexity index is 1590. The van der Waals surface area contributed by atoms with Gasteiger partial charge in [0.25, 0.3) is 5.91 Å². The molecule has 1 amide bonds. The molecule has 1 aromatic carbocycles. The molecule has 0 fully saturated rings. The van der Waals surface area contributed by atoms with Crippen molar-refractivity contribution in [3.8, 4) is 23.2 Å². The van der Waals surface area contributed by atoms with E-state index in [1.54, 1.807) is 16.6 Å². The number of aliphatic hydroxyl groups is 1. The molecule has 1 unspecified atom stereocenters. The third-order valence-corrected chi connectivity index (χ3v) is 6.58. The summed E-state index contributed by atoms with van der Waals surface area (Å²) in [5, 5.41) is 29.3. The molecule has 3 N–H and O–H groups in total. The van der Waals surface area contributed by atoms with Crippen molar-refractivity contribution in [2.75, 3.05) is 37.0 Å². The molecule has 0 saturated heterocycles. The Labute approximate surface area is 224 Å². The lowest BCUT2D eigenvalue weighted by Gasteiger charge is -2.28. The van der Waals surface area contributed by atoms with Crippen LogP contribution in [0.15, 0.2) is 54.9 Å². The van der Waals surface area contributed by atoms with E-state index in [2.05, 4.69) is 31.7 Å². The van der Waals surface area contributed by atoms with E-state index in [1.165, 1.54) is 26.2 Å². The van der Waals surface area contributed by atoms with Crippen molar-refractivity contribution in [1.29, 1.82) is 5.26 Å². The summed E-state index contributed by atoms with van der Waals surface area (Å²) in [5.74, 6) is 0.170. The van der Waals surface area contributed by atoms with Gasteiger partial charge in [0.1, 0.15) is 24.6 Å². The molecule has 39 heavy (non-hydrogen) atoms. The fourth-order valence-corrected chi connectivity index (χ4v) is 4.25. The molecule has 200 valence electrons. The van der Waals surface area contributed by atoms with Gasteiger partial charge in [-0.05, 0) is 50.2 Å². The fourth-order valence-electron chi connectivity index (χ4n) is 4.25. The largest absolute Gasteiger partial charge is 0.489 e. The predicted molar refractivity (Wildman–Crippen MR) is 145 cm³/mol. The maximum atomic E-state index is 14.3. The monoisotopic (exact) mass is 529 g/mol. The molecule has 3 aromatic heterocycles. The van der Waals surface area contributed by atoms with Crippen molar-refractivity contribution in [1.82, 2.24) is 19.9 Å². The van der Waals surface area contributed by atoms with Crippen LogP contribution in [-0.2, 0) is 0 Å².